The number of rotatable bonds is 7. The van der Waals surface area contributed by atoms with Gasteiger partial charge in [0.25, 0.3) is 0 Å². The Morgan fingerprint density at radius 3 is 2.50 bits per heavy atom. The summed E-state index contributed by atoms with van der Waals surface area (Å²) in [5.74, 6) is 2.17. The van der Waals surface area contributed by atoms with Crippen molar-refractivity contribution in [2.75, 3.05) is 14.2 Å². The number of methoxy groups -OCH3 is 2. The van der Waals surface area contributed by atoms with Crippen LogP contribution in [0, 0.1) is 5.92 Å². The standard InChI is InChI=1S/C24H26O6/c1-26-17-6-8-18(9-7-17)30-23-15-29-22-13-20(10-11-21(22)24(23)25)28-14-16-4-3-5-19(12-16)27-2/h3-9,12,15,20-22H,10-11,13-14H2,1-2H3. The molecule has 4 rings (SSSR count). The van der Waals surface area contributed by atoms with E-state index < -0.39 is 0 Å². The van der Waals surface area contributed by atoms with Crippen molar-refractivity contribution in [3.63, 3.8) is 0 Å². The molecule has 0 bridgehead atoms. The molecule has 3 atom stereocenters. The summed E-state index contributed by atoms with van der Waals surface area (Å²) in [5, 5.41) is 0. The Hall–Kier alpha value is -2.99. The van der Waals surface area contributed by atoms with E-state index in [-0.39, 0.29) is 29.7 Å². The van der Waals surface area contributed by atoms with E-state index in [4.69, 9.17) is 23.7 Å². The van der Waals surface area contributed by atoms with E-state index in [1.165, 1.54) is 6.26 Å². The second kappa shape index (κ2) is 9.22. The quantitative estimate of drug-likeness (QED) is 0.679. The van der Waals surface area contributed by atoms with E-state index in [1.807, 2.05) is 24.3 Å². The highest BCUT2D eigenvalue weighted by Crippen LogP contribution is 2.35. The molecule has 30 heavy (non-hydrogen) atoms. The van der Waals surface area contributed by atoms with E-state index in [2.05, 4.69) is 0 Å². The zero-order valence-electron chi connectivity index (χ0n) is 17.2. The predicted octanol–water partition coefficient (Wildman–Crippen LogP) is 4.28. The first kappa shape index (κ1) is 20.3. The van der Waals surface area contributed by atoms with Gasteiger partial charge in [-0.2, -0.15) is 0 Å². The fourth-order valence-corrected chi connectivity index (χ4v) is 3.91. The molecular formula is C24H26O6. The number of hydrogen-bond acceptors (Lipinski definition) is 6. The maximum atomic E-state index is 12.9. The van der Waals surface area contributed by atoms with E-state index in [0.29, 0.717) is 18.8 Å². The van der Waals surface area contributed by atoms with Crippen molar-refractivity contribution in [3.8, 4) is 17.2 Å². The van der Waals surface area contributed by atoms with Gasteiger partial charge in [-0.1, -0.05) is 12.1 Å². The van der Waals surface area contributed by atoms with Gasteiger partial charge >= 0.3 is 0 Å². The molecule has 0 spiro atoms. The molecule has 3 unspecified atom stereocenters. The van der Waals surface area contributed by atoms with Crippen LogP contribution in [0.15, 0.2) is 60.6 Å². The van der Waals surface area contributed by atoms with Gasteiger partial charge in [-0.05, 0) is 54.8 Å². The normalized spacial score (nSPS) is 23.1. The summed E-state index contributed by atoms with van der Waals surface area (Å²) in [5.41, 5.74) is 1.06. The zero-order valence-corrected chi connectivity index (χ0v) is 17.2. The summed E-state index contributed by atoms with van der Waals surface area (Å²) >= 11 is 0. The summed E-state index contributed by atoms with van der Waals surface area (Å²) in [6.07, 6.45) is 3.55. The van der Waals surface area contributed by atoms with Crippen molar-refractivity contribution in [2.45, 2.75) is 38.1 Å². The lowest BCUT2D eigenvalue weighted by molar-refractivity contribution is -0.134. The van der Waals surface area contributed by atoms with Crippen LogP contribution in [0.2, 0.25) is 0 Å². The topological polar surface area (TPSA) is 63.2 Å². The van der Waals surface area contributed by atoms with E-state index in [1.54, 1.807) is 38.5 Å². The number of carbonyl (C=O) groups is 1. The van der Waals surface area contributed by atoms with Gasteiger partial charge in [-0.25, -0.2) is 0 Å². The molecule has 0 radical (unpaired) electrons. The average molecular weight is 410 g/mol. The summed E-state index contributed by atoms with van der Waals surface area (Å²) in [4.78, 5) is 12.9. The van der Waals surface area contributed by atoms with Crippen LogP contribution in [0.3, 0.4) is 0 Å². The van der Waals surface area contributed by atoms with Gasteiger partial charge in [-0.3, -0.25) is 4.79 Å². The van der Waals surface area contributed by atoms with Crippen molar-refractivity contribution in [2.24, 2.45) is 5.92 Å². The van der Waals surface area contributed by atoms with Crippen LogP contribution in [-0.2, 0) is 20.9 Å². The van der Waals surface area contributed by atoms with E-state index in [9.17, 15) is 4.79 Å². The van der Waals surface area contributed by atoms with Gasteiger partial charge in [0.15, 0.2) is 0 Å². The van der Waals surface area contributed by atoms with Crippen LogP contribution < -0.4 is 14.2 Å². The Morgan fingerprint density at radius 1 is 0.967 bits per heavy atom. The molecule has 2 aromatic carbocycles. The molecule has 1 saturated carbocycles. The number of fused-ring (bicyclic) bond motifs is 1. The van der Waals surface area contributed by atoms with Crippen LogP contribution >= 0.6 is 0 Å². The minimum atomic E-state index is -0.195. The van der Waals surface area contributed by atoms with Crippen molar-refractivity contribution in [1.29, 1.82) is 0 Å². The molecule has 2 aromatic rings. The van der Waals surface area contributed by atoms with Gasteiger partial charge < -0.3 is 23.7 Å². The monoisotopic (exact) mass is 410 g/mol. The molecule has 0 aromatic heterocycles. The summed E-state index contributed by atoms with van der Waals surface area (Å²) in [6.45, 7) is 0.509. The number of benzene rings is 2. The lowest BCUT2D eigenvalue weighted by atomic mass is 9.80. The fraction of sp³-hybridized carbons (Fsp3) is 0.375. The number of allylic oxidation sites excluding steroid dienone is 1. The lowest BCUT2D eigenvalue weighted by Gasteiger charge is -2.37. The predicted molar refractivity (Wildman–Crippen MR) is 110 cm³/mol. The zero-order chi connectivity index (χ0) is 20.9. The third-order valence-electron chi connectivity index (χ3n) is 5.58. The van der Waals surface area contributed by atoms with Crippen molar-refractivity contribution >= 4 is 5.78 Å². The Balaban J connectivity index is 1.33. The van der Waals surface area contributed by atoms with Crippen LogP contribution in [-0.4, -0.2) is 32.2 Å². The van der Waals surface area contributed by atoms with Crippen LogP contribution in [0.1, 0.15) is 24.8 Å². The third kappa shape index (κ3) is 4.60. The summed E-state index contributed by atoms with van der Waals surface area (Å²) < 4.78 is 28.1. The number of ketones is 1. The Kier molecular flexibility index (Phi) is 6.23. The van der Waals surface area contributed by atoms with Gasteiger partial charge in [-0.15, -0.1) is 0 Å². The minimum Gasteiger partial charge on any atom is -0.497 e. The molecule has 1 aliphatic heterocycles. The molecule has 1 heterocycles. The van der Waals surface area contributed by atoms with Gasteiger partial charge in [0, 0.05) is 6.42 Å². The number of hydrogen-bond donors (Lipinski definition) is 0. The number of Topliss-reactive ketones (excluding diaryl/α,β-unsaturated/α-hetero) is 1. The lowest BCUT2D eigenvalue weighted by Crippen LogP contribution is -2.42. The Morgan fingerprint density at radius 2 is 1.73 bits per heavy atom. The molecule has 1 fully saturated rings. The van der Waals surface area contributed by atoms with Crippen molar-refractivity contribution in [3.05, 3.63) is 66.1 Å². The molecule has 0 N–H and O–H groups in total. The molecule has 6 heteroatoms. The first-order valence-corrected chi connectivity index (χ1v) is 10.1. The molecular weight excluding hydrogens is 384 g/mol. The highest BCUT2D eigenvalue weighted by atomic mass is 16.5. The molecule has 158 valence electrons. The highest BCUT2D eigenvalue weighted by molar-refractivity contribution is 5.96. The molecule has 0 amide bonds. The molecule has 2 aliphatic rings. The minimum absolute atomic E-state index is 0.00619. The van der Waals surface area contributed by atoms with Gasteiger partial charge in [0.1, 0.15) is 29.6 Å². The first-order valence-electron chi connectivity index (χ1n) is 10.1. The van der Waals surface area contributed by atoms with Crippen LogP contribution in [0.4, 0.5) is 0 Å². The maximum absolute atomic E-state index is 12.9. The Bertz CT molecular complexity index is 904. The van der Waals surface area contributed by atoms with Crippen molar-refractivity contribution < 1.29 is 28.5 Å². The second-order valence-corrected chi connectivity index (χ2v) is 7.50. The second-order valence-electron chi connectivity index (χ2n) is 7.50. The smallest absolute Gasteiger partial charge is 0.207 e. The SMILES string of the molecule is COc1ccc(OC2=COC3CC(OCc4cccc(OC)c4)CCC3C2=O)cc1. The fourth-order valence-electron chi connectivity index (χ4n) is 3.91. The van der Waals surface area contributed by atoms with E-state index >= 15 is 0 Å². The summed E-state index contributed by atoms with van der Waals surface area (Å²) in [6, 6.07) is 15.0. The summed E-state index contributed by atoms with van der Waals surface area (Å²) in [7, 11) is 3.26. The van der Waals surface area contributed by atoms with Crippen LogP contribution in [0.25, 0.3) is 0 Å². The average Bonchev–Trinajstić information content (AvgIpc) is 2.80. The largest absolute Gasteiger partial charge is 0.497 e. The first-order chi connectivity index (χ1) is 14.7. The molecule has 1 aliphatic carbocycles. The van der Waals surface area contributed by atoms with Crippen LogP contribution in [0.5, 0.6) is 17.2 Å². The molecule has 0 saturated heterocycles. The maximum Gasteiger partial charge on any atom is 0.207 e. The van der Waals surface area contributed by atoms with Crippen molar-refractivity contribution in [1.82, 2.24) is 0 Å². The van der Waals surface area contributed by atoms with Gasteiger partial charge in [0.05, 0.1) is 32.8 Å². The van der Waals surface area contributed by atoms with E-state index in [0.717, 1.165) is 29.9 Å². The molecule has 6 nitrogen and oxygen atoms in total. The number of ether oxygens (including phenoxy) is 5. The number of carbonyl (C=O) groups excluding carboxylic acids is 1. The third-order valence-corrected chi connectivity index (χ3v) is 5.58. The highest BCUT2D eigenvalue weighted by Gasteiger charge is 2.41. The van der Waals surface area contributed by atoms with Gasteiger partial charge in [0.2, 0.25) is 11.5 Å². The Labute approximate surface area is 176 Å².